The van der Waals surface area contributed by atoms with Gasteiger partial charge in [-0.25, -0.2) is 0 Å². The van der Waals surface area contributed by atoms with Crippen molar-refractivity contribution in [3.63, 3.8) is 0 Å². The second kappa shape index (κ2) is 6.37. The first-order valence-electron chi connectivity index (χ1n) is 7.12. The lowest BCUT2D eigenvalue weighted by molar-refractivity contribution is -0.121. The van der Waals surface area contributed by atoms with Gasteiger partial charge in [-0.2, -0.15) is 5.26 Å². The topological polar surface area (TPSA) is 40.9 Å². The number of carbonyl (C=O) groups excluding carboxylic acids is 1. The molecule has 21 heavy (non-hydrogen) atoms. The van der Waals surface area contributed by atoms with Crippen LogP contribution in [0.15, 0.2) is 54.6 Å². The molecule has 0 amide bonds. The largest absolute Gasteiger partial charge is 0.299 e. The average molecular weight is 277 g/mol. The van der Waals surface area contributed by atoms with Crippen LogP contribution in [0.25, 0.3) is 0 Å². The van der Waals surface area contributed by atoms with E-state index in [0.717, 1.165) is 16.7 Å². The van der Waals surface area contributed by atoms with Crippen molar-refractivity contribution in [2.45, 2.75) is 32.1 Å². The van der Waals surface area contributed by atoms with E-state index in [9.17, 15) is 4.79 Å². The fourth-order valence-electron chi connectivity index (χ4n) is 2.84. The molecule has 0 radical (unpaired) electrons. The summed E-state index contributed by atoms with van der Waals surface area (Å²) in [6, 6.07) is 20.0. The van der Waals surface area contributed by atoms with Crippen molar-refractivity contribution in [3.05, 3.63) is 71.3 Å². The fourth-order valence-corrected chi connectivity index (χ4v) is 2.84. The second-order valence-electron chi connectivity index (χ2n) is 5.35. The predicted molar refractivity (Wildman–Crippen MR) is 83.9 cm³/mol. The third-order valence-corrected chi connectivity index (χ3v) is 4.02. The van der Waals surface area contributed by atoms with Crippen LogP contribution in [-0.2, 0) is 10.2 Å². The van der Waals surface area contributed by atoms with Crippen molar-refractivity contribution in [1.82, 2.24) is 0 Å². The maximum Gasteiger partial charge on any atom is 0.144 e. The molecule has 0 bridgehead atoms. The van der Waals surface area contributed by atoms with Crippen molar-refractivity contribution in [3.8, 4) is 6.07 Å². The minimum atomic E-state index is -0.731. The molecule has 2 aromatic rings. The Kier molecular flexibility index (Phi) is 4.55. The van der Waals surface area contributed by atoms with Crippen molar-refractivity contribution >= 4 is 5.78 Å². The Labute approximate surface area is 126 Å². The van der Waals surface area contributed by atoms with E-state index >= 15 is 0 Å². The number of aryl methyl sites for hydroxylation is 1. The number of nitrogens with zero attached hydrogens (tertiary/aromatic N) is 1. The summed E-state index contributed by atoms with van der Waals surface area (Å²) in [5, 5.41) is 8.99. The number of hydrogen-bond donors (Lipinski definition) is 0. The van der Waals surface area contributed by atoms with Gasteiger partial charge in [0.05, 0.1) is 11.5 Å². The highest BCUT2D eigenvalue weighted by Gasteiger charge is 2.38. The van der Waals surface area contributed by atoms with Crippen molar-refractivity contribution in [1.29, 1.82) is 5.26 Å². The minimum Gasteiger partial charge on any atom is -0.299 e. The van der Waals surface area contributed by atoms with Gasteiger partial charge < -0.3 is 0 Å². The fraction of sp³-hybridized carbons (Fsp3) is 0.263. The standard InChI is InChI=1S/C19H19NO/c1-15-9-11-18(12-10-15)19(16(2)21,13-6-14-20)17-7-4-3-5-8-17/h3-5,7-12H,6,13H2,1-2H3. The summed E-state index contributed by atoms with van der Waals surface area (Å²) >= 11 is 0. The van der Waals surface area contributed by atoms with Gasteiger partial charge in [0, 0.05) is 6.42 Å². The highest BCUT2D eigenvalue weighted by atomic mass is 16.1. The van der Waals surface area contributed by atoms with E-state index in [1.54, 1.807) is 6.92 Å². The van der Waals surface area contributed by atoms with E-state index in [4.69, 9.17) is 5.26 Å². The molecule has 2 heteroatoms. The number of ketones is 1. The normalized spacial score (nSPS) is 13.2. The molecule has 0 spiro atoms. The molecule has 0 fully saturated rings. The zero-order valence-corrected chi connectivity index (χ0v) is 12.5. The van der Waals surface area contributed by atoms with Gasteiger partial charge in [0.2, 0.25) is 0 Å². The zero-order chi connectivity index (χ0) is 15.3. The Hall–Kier alpha value is -2.40. The lowest BCUT2D eigenvalue weighted by atomic mass is 9.68. The molecule has 0 aliphatic carbocycles. The molecule has 106 valence electrons. The van der Waals surface area contributed by atoms with Gasteiger partial charge in [0.15, 0.2) is 0 Å². The van der Waals surface area contributed by atoms with Crippen LogP contribution < -0.4 is 0 Å². The number of benzene rings is 2. The minimum absolute atomic E-state index is 0.0767. The number of carbonyl (C=O) groups is 1. The molecule has 0 aliphatic heterocycles. The third kappa shape index (κ3) is 2.87. The zero-order valence-electron chi connectivity index (χ0n) is 12.5. The molecule has 0 N–H and O–H groups in total. The summed E-state index contributed by atoms with van der Waals surface area (Å²) in [5.74, 6) is 0.0767. The number of Topliss-reactive ketones (excluding diaryl/α,β-unsaturated/α-hetero) is 1. The molecule has 0 aliphatic rings. The van der Waals surface area contributed by atoms with Gasteiger partial charge in [0.25, 0.3) is 0 Å². The van der Waals surface area contributed by atoms with Gasteiger partial charge >= 0.3 is 0 Å². The van der Waals surface area contributed by atoms with Crippen molar-refractivity contribution in [2.24, 2.45) is 0 Å². The van der Waals surface area contributed by atoms with Crippen LogP contribution in [0, 0.1) is 18.3 Å². The highest BCUT2D eigenvalue weighted by Crippen LogP contribution is 2.37. The summed E-state index contributed by atoms with van der Waals surface area (Å²) in [5.41, 5.74) is 2.34. The monoisotopic (exact) mass is 277 g/mol. The first kappa shape index (κ1) is 15.0. The number of nitriles is 1. The van der Waals surface area contributed by atoms with Crippen molar-refractivity contribution in [2.75, 3.05) is 0 Å². The molecule has 0 saturated heterocycles. The Morgan fingerprint density at radius 1 is 1.05 bits per heavy atom. The summed E-state index contributed by atoms with van der Waals surface area (Å²) in [6.45, 7) is 3.64. The Morgan fingerprint density at radius 3 is 2.14 bits per heavy atom. The molecule has 0 saturated carbocycles. The molecule has 2 aromatic carbocycles. The second-order valence-corrected chi connectivity index (χ2v) is 5.35. The third-order valence-electron chi connectivity index (χ3n) is 4.02. The van der Waals surface area contributed by atoms with Crippen LogP contribution >= 0.6 is 0 Å². The molecular formula is C19H19NO. The lowest BCUT2D eigenvalue weighted by Gasteiger charge is -2.32. The Balaban J connectivity index is 2.64. The van der Waals surface area contributed by atoms with Gasteiger partial charge in [-0.15, -0.1) is 0 Å². The summed E-state index contributed by atoms with van der Waals surface area (Å²) in [7, 11) is 0. The maximum atomic E-state index is 12.5. The van der Waals surface area contributed by atoms with Gasteiger partial charge in [-0.1, -0.05) is 60.2 Å². The number of rotatable bonds is 5. The summed E-state index contributed by atoms with van der Waals surface area (Å²) < 4.78 is 0. The van der Waals surface area contributed by atoms with E-state index < -0.39 is 5.41 Å². The SMILES string of the molecule is CC(=O)C(CCC#N)(c1ccccc1)c1ccc(C)cc1. The van der Waals surface area contributed by atoms with Gasteiger partial charge in [0.1, 0.15) is 5.78 Å². The predicted octanol–water partition coefficient (Wildman–Crippen LogP) is 4.17. The van der Waals surface area contributed by atoms with E-state index in [0.29, 0.717) is 12.8 Å². The molecule has 0 heterocycles. The van der Waals surface area contributed by atoms with Crippen LogP contribution in [0.5, 0.6) is 0 Å². The number of hydrogen-bond acceptors (Lipinski definition) is 2. The van der Waals surface area contributed by atoms with Crippen LogP contribution in [0.4, 0.5) is 0 Å². The van der Waals surface area contributed by atoms with E-state index in [-0.39, 0.29) is 5.78 Å². The first-order valence-corrected chi connectivity index (χ1v) is 7.12. The van der Waals surface area contributed by atoms with E-state index in [1.807, 2.05) is 61.5 Å². The van der Waals surface area contributed by atoms with Crippen molar-refractivity contribution < 1.29 is 4.79 Å². The molecule has 1 atom stereocenters. The van der Waals surface area contributed by atoms with Gasteiger partial charge in [-0.05, 0) is 31.4 Å². The average Bonchev–Trinajstić information content (AvgIpc) is 2.50. The summed E-state index contributed by atoms with van der Waals surface area (Å²) in [4.78, 5) is 12.5. The molecule has 2 rings (SSSR count). The quantitative estimate of drug-likeness (QED) is 0.822. The maximum absolute atomic E-state index is 12.5. The Bertz CT molecular complexity index is 652. The lowest BCUT2D eigenvalue weighted by Crippen LogP contribution is -2.35. The van der Waals surface area contributed by atoms with E-state index in [1.165, 1.54) is 0 Å². The Morgan fingerprint density at radius 2 is 1.62 bits per heavy atom. The van der Waals surface area contributed by atoms with Crippen LogP contribution in [0.3, 0.4) is 0 Å². The molecule has 2 nitrogen and oxygen atoms in total. The van der Waals surface area contributed by atoms with Crippen LogP contribution in [-0.4, -0.2) is 5.78 Å². The molecular weight excluding hydrogens is 258 g/mol. The smallest absolute Gasteiger partial charge is 0.144 e. The van der Waals surface area contributed by atoms with E-state index in [2.05, 4.69) is 6.07 Å². The highest BCUT2D eigenvalue weighted by molar-refractivity contribution is 5.92. The van der Waals surface area contributed by atoms with Gasteiger partial charge in [-0.3, -0.25) is 4.79 Å². The first-order chi connectivity index (χ1) is 10.1. The van der Waals surface area contributed by atoms with Crippen LogP contribution in [0.1, 0.15) is 36.5 Å². The summed E-state index contributed by atoms with van der Waals surface area (Å²) in [6.07, 6.45) is 0.855. The van der Waals surface area contributed by atoms with Crippen LogP contribution in [0.2, 0.25) is 0 Å². The molecule has 1 unspecified atom stereocenters. The molecule has 0 aromatic heterocycles.